The maximum atomic E-state index is 15.1. The standard InChI is InChI=1S/C23H40FN3O4P2/c1-7-30-32(28,31-8-2)23(19-13-15-20(24)16-14-19)25-33(29)26(17(3)4)21-11-9-10-12-22(21)27(33)18(5)6/h13-18,21-23H,7-12H2,1-6H3,(H,25,29)/t21-,22-,23-/m1/s1. The number of nitrogens with one attached hydrogen (secondary N) is 1. The predicted octanol–water partition coefficient (Wildman–Crippen LogP) is 6.53. The molecule has 1 aliphatic heterocycles. The zero-order valence-corrected chi connectivity index (χ0v) is 22.5. The summed E-state index contributed by atoms with van der Waals surface area (Å²) in [5.74, 6) is -1.39. The molecule has 1 heterocycles. The number of benzene rings is 1. The third-order valence-electron chi connectivity index (χ3n) is 6.47. The van der Waals surface area contributed by atoms with Crippen molar-refractivity contribution in [3.63, 3.8) is 0 Å². The molecule has 1 aromatic rings. The van der Waals surface area contributed by atoms with Crippen molar-refractivity contribution in [1.29, 1.82) is 0 Å². The minimum atomic E-state index is -3.77. The van der Waals surface area contributed by atoms with E-state index in [-0.39, 0.29) is 37.4 Å². The smallest absolute Gasteiger partial charge is 0.308 e. The minimum Gasteiger partial charge on any atom is -0.308 e. The van der Waals surface area contributed by atoms with Crippen molar-refractivity contribution in [2.45, 2.75) is 97.2 Å². The van der Waals surface area contributed by atoms with Crippen LogP contribution < -0.4 is 5.09 Å². The topological polar surface area (TPSA) is 71.1 Å². The van der Waals surface area contributed by atoms with Gasteiger partial charge in [-0.3, -0.25) is 9.13 Å². The maximum Gasteiger partial charge on any atom is 0.352 e. The van der Waals surface area contributed by atoms with E-state index in [1.807, 2.05) is 0 Å². The van der Waals surface area contributed by atoms with Gasteiger partial charge in [0.2, 0.25) is 0 Å². The van der Waals surface area contributed by atoms with Crippen molar-refractivity contribution >= 4 is 15.2 Å². The molecule has 0 aromatic heterocycles. The van der Waals surface area contributed by atoms with Crippen LogP contribution in [0.5, 0.6) is 0 Å². The second-order valence-corrected chi connectivity index (χ2v) is 13.8. The molecule has 3 rings (SSSR count). The lowest BCUT2D eigenvalue weighted by Crippen LogP contribution is -2.43. The van der Waals surface area contributed by atoms with Gasteiger partial charge in [-0.1, -0.05) is 25.0 Å². The third kappa shape index (κ3) is 5.33. The molecule has 3 atom stereocenters. The number of hydrogen-bond acceptors (Lipinski definition) is 4. The summed E-state index contributed by atoms with van der Waals surface area (Å²) >= 11 is 0. The predicted molar refractivity (Wildman–Crippen MR) is 131 cm³/mol. The number of halogens is 1. The normalized spacial score (nSPS) is 25.0. The van der Waals surface area contributed by atoms with Gasteiger partial charge in [-0.25, -0.2) is 18.8 Å². The molecule has 33 heavy (non-hydrogen) atoms. The molecular weight excluding hydrogens is 463 g/mol. The summed E-state index contributed by atoms with van der Waals surface area (Å²) in [5, 5.41) is 3.33. The van der Waals surface area contributed by atoms with Gasteiger partial charge in [-0.15, -0.1) is 0 Å². The van der Waals surface area contributed by atoms with Gasteiger partial charge in [0.15, 0.2) is 0 Å². The van der Waals surface area contributed by atoms with Gasteiger partial charge in [0.05, 0.1) is 13.2 Å². The van der Waals surface area contributed by atoms with E-state index in [9.17, 15) is 8.96 Å². The zero-order valence-electron chi connectivity index (χ0n) is 20.7. The fraction of sp³-hybridized carbons (Fsp3) is 0.739. The highest BCUT2D eigenvalue weighted by Gasteiger charge is 2.59. The van der Waals surface area contributed by atoms with E-state index < -0.39 is 26.8 Å². The Kier molecular flexibility index (Phi) is 8.99. The quantitative estimate of drug-likeness (QED) is 0.364. The Balaban J connectivity index is 2.14. The van der Waals surface area contributed by atoms with Crippen molar-refractivity contribution in [3.05, 3.63) is 35.6 Å². The average molecular weight is 504 g/mol. The van der Waals surface area contributed by atoms with Crippen molar-refractivity contribution in [2.24, 2.45) is 0 Å². The third-order valence-corrected chi connectivity index (χ3v) is 12.3. The molecule has 188 valence electrons. The Morgan fingerprint density at radius 2 is 1.45 bits per heavy atom. The first-order valence-corrected chi connectivity index (χ1v) is 15.4. The molecule has 1 aromatic carbocycles. The van der Waals surface area contributed by atoms with Gasteiger partial charge in [0.25, 0.3) is 7.59 Å². The van der Waals surface area contributed by atoms with Gasteiger partial charge in [0.1, 0.15) is 11.6 Å². The molecule has 10 heteroatoms. The molecule has 7 nitrogen and oxygen atoms in total. The fourth-order valence-electron chi connectivity index (χ4n) is 5.43. The van der Waals surface area contributed by atoms with Crippen LogP contribution in [0.2, 0.25) is 0 Å². The SMILES string of the molecule is CCOP(=O)(OCC)[C@@H](NP1(=O)N(C(C)C)[C@@H]2CCCC[C@H]2N1C(C)C)c1ccc(F)cc1. The number of rotatable bonds is 10. The minimum absolute atomic E-state index is 0.0186. The summed E-state index contributed by atoms with van der Waals surface area (Å²) in [4.78, 5) is 0. The first-order chi connectivity index (χ1) is 15.6. The molecule has 0 unspecified atom stereocenters. The summed E-state index contributed by atoms with van der Waals surface area (Å²) in [7, 11) is -7.17. The fourth-order valence-corrected chi connectivity index (χ4v) is 11.6. The molecule has 1 aliphatic carbocycles. The van der Waals surface area contributed by atoms with Gasteiger partial charge in [0, 0.05) is 24.2 Å². The van der Waals surface area contributed by atoms with Crippen LogP contribution in [0.25, 0.3) is 0 Å². The maximum absolute atomic E-state index is 15.1. The van der Waals surface area contributed by atoms with E-state index >= 15 is 4.57 Å². The summed E-state index contributed by atoms with van der Waals surface area (Å²) < 4.78 is 58.5. The van der Waals surface area contributed by atoms with E-state index in [1.54, 1.807) is 26.0 Å². The first-order valence-electron chi connectivity index (χ1n) is 12.2. The second kappa shape index (κ2) is 11.0. The average Bonchev–Trinajstić information content (AvgIpc) is 3.01. The summed E-state index contributed by atoms with van der Waals surface area (Å²) in [6, 6.07) is 6.11. The van der Waals surface area contributed by atoms with Crippen molar-refractivity contribution < 1.29 is 22.6 Å². The first kappa shape index (κ1) is 27.0. The van der Waals surface area contributed by atoms with Gasteiger partial charge in [-0.2, -0.15) is 0 Å². The van der Waals surface area contributed by atoms with E-state index in [0.29, 0.717) is 5.56 Å². The molecular formula is C23H40FN3O4P2. The van der Waals surface area contributed by atoms with Crippen LogP contribution >= 0.6 is 15.2 Å². The zero-order chi connectivity index (χ0) is 24.4. The monoisotopic (exact) mass is 503 g/mol. The van der Waals surface area contributed by atoms with Crippen LogP contribution in [0.4, 0.5) is 4.39 Å². The molecule has 0 radical (unpaired) electrons. The van der Waals surface area contributed by atoms with Gasteiger partial charge in [-0.05, 0) is 72.1 Å². The van der Waals surface area contributed by atoms with Crippen molar-refractivity contribution in [1.82, 2.24) is 14.4 Å². The van der Waals surface area contributed by atoms with Crippen LogP contribution in [-0.2, 0) is 18.2 Å². The number of hydrogen-bond donors (Lipinski definition) is 1. The van der Waals surface area contributed by atoms with Crippen molar-refractivity contribution in [3.8, 4) is 0 Å². The molecule has 1 saturated heterocycles. The Morgan fingerprint density at radius 1 is 1.00 bits per heavy atom. The van der Waals surface area contributed by atoms with Crippen LogP contribution in [0, 0.1) is 5.82 Å². The Morgan fingerprint density at radius 3 is 1.85 bits per heavy atom. The Bertz CT molecular complexity index is 845. The number of nitrogens with zero attached hydrogens (tertiary/aromatic N) is 2. The van der Waals surface area contributed by atoms with Crippen LogP contribution in [-0.4, -0.2) is 46.7 Å². The van der Waals surface area contributed by atoms with E-state index in [0.717, 1.165) is 25.7 Å². The lowest BCUT2D eigenvalue weighted by Gasteiger charge is -2.39. The molecule has 0 bridgehead atoms. The number of fused-ring (bicyclic) bond motifs is 1. The lowest BCUT2D eigenvalue weighted by atomic mass is 9.89. The van der Waals surface area contributed by atoms with Gasteiger partial charge < -0.3 is 9.05 Å². The van der Waals surface area contributed by atoms with E-state index in [4.69, 9.17) is 9.05 Å². The molecule has 1 N–H and O–H groups in total. The van der Waals surface area contributed by atoms with Crippen LogP contribution in [0.15, 0.2) is 24.3 Å². The highest BCUT2D eigenvalue weighted by Crippen LogP contribution is 2.69. The highest BCUT2D eigenvalue weighted by atomic mass is 31.2. The van der Waals surface area contributed by atoms with Crippen LogP contribution in [0.3, 0.4) is 0 Å². The van der Waals surface area contributed by atoms with Crippen LogP contribution in [0.1, 0.15) is 78.6 Å². The Labute approximate surface area is 198 Å². The largest absolute Gasteiger partial charge is 0.352 e. The molecule has 0 spiro atoms. The lowest BCUT2D eigenvalue weighted by molar-refractivity contribution is 0.173. The molecule has 1 saturated carbocycles. The molecule has 2 fully saturated rings. The van der Waals surface area contributed by atoms with Gasteiger partial charge >= 0.3 is 7.60 Å². The summed E-state index contributed by atoms with van der Waals surface area (Å²) in [5.41, 5.74) is 0.527. The molecule has 0 amide bonds. The summed E-state index contributed by atoms with van der Waals surface area (Å²) in [6.45, 7) is 12.1. The highest BCUT2D eigenvalue weighted by molar-refractivity contribution is 7.60. The Hall–Kier alpha value is -0.590. The molecule has 2 aliphatic rings. The second-order valence-electron chi connectivity index (χ2n) is 9.37. The summed E-state index contributed by atoms with van der Waals surface area (Å²) in [6.07, 6.45) is 4.17. The van der Waals surface area contributed by atoms with Crippen molar-refractivity contribution in [2.75, 3.05) is 13.2 Å². The van der Waals surface area contributed by atoms with E-state index in [1.165, 1.54) is 12.1 Å². The van der Waals surface area contributed by atoms with E-state index in [2.05, 4.69) is 42.1 Å².